The first-order chi connectivity index (χ1) is 7.35. The van der Waals surface area contributed by atoms with Crippen LogP contribution in [0.1, 0.15) is 18.1 Å². The molecule has 0 radical (unpaired) electrons. The fourth-order valence-electron chi connectivity index (χ4n) is 1.67. The summed E-state index contributed by atoms with van der Waals surface area (Å²) in [5.74, 6) is 0. The van der Waals surface area contributed by atoms with Gasteiger partial charge in [-0.15, -0.1) is 0 Å². The summed E-state index contributed by atoms with van der Waals surface area (Å²) in [7, 11) is 1.56. The minimum atomic E-state index is -0.455. The molecule has 1 aliphatic rings. The molecule has 0 aromatic carbocycles. The van der Waals surface area contributed by atoms with Gasteiger partial charge in [0.1, 0.15) is 0 Å². The minimum absolute atomic E-state index is 0.0311. The number of rotatable bonds is 3. The molecule has 2 rings (SSSR count). The molecule has 0 spiro atoms. The quantitative estimate of drug-likeness (QED) is 0.770. The van der Waals surface area contributed by atoms with Gasteiger partial charge in [-0.25, -0.2) is 0 Å². The van der Waals surface area contributed by atoms with E-state index in [9.17, 15) is 0 Å². The maximum absolute atomic E-state index is 9.06. The molecule has 0 aliphatic carbocycles. The number of methoxy groups -OCH3 is 1. The van der Waals surface area contributed by atoms with E-state index in [1.54, 1.807) is 19.6 Å². The Bertz CT molecular complexity index is 328. The molecule has 0 fully saturated rings. The third-order valence-corrected chi connectivity index (χ3v) is 2.50. The van der Waals surface area contributed by atoms with E-state index in [0.717, 1.165) is 17.6 Å². The molecule has 15 heavy (non-hydrogen) atoms. The van der Waals surface area contributed by atoms with Crippen LogP contribution in [0, 0.1) is 0 Å². The van der Waals surface area contributed by atoms with Gasteiger partial charge in [0.15, 0.2) is 6.29 Å². The van der Waals surface area contributed by atoms with Crippen molar-refractivity contribution < 1.29 is 19.0 Å². The molecule has 1 aromatic heterocycles. The summed E-state index contributed by atoms with van der Waals surface area (Å²) in [6, 6.07) is 1.87. The van der Waals surface area contributed by atoms with Crippen molar-refractivity contribution in [1.29, 1.82) is 0 Å². The Kier molecular flexibility index (Phi) is 3.20. The Balaban J connectivity index is 2.11. The highest BCUT2D eigenvalue weighted by Gasteiger charge is 2.25. The predicted molar refractivity (Wildman–Crippen MR) is 53.1 cm³/mol. The lowest BCUT2D eigenvalue weighted by Crippen LogP contribution is -2.26. The SMILES string of the molecule is CO[C@H]1O[C@H](c2ccoc2)CC=C1CO. The second-order valence-electron chi connectivity index (χ2n) is 3.42. The molecule has 1 aromatic rings. The Labute approximate surface area is 88.1 Å². The summed E-state index contributed by atoms with van der Waals surface area (Å²) in [6.45, 7) is -0.0311. The summed E-state index contributed by atoms with van der Waals surface area (Å²) in [5.41, 5.74) is 1.77. The van der Waals surface area contributed by atoms with Crippen molar-refractivity contribution in [1.82, 2.24) is 0 Å². The van der Waals surface area contributed by atoms with Crippen molar-refractivity contribution in [2.45, 2.75) is 18.8 Å². The first-order valence-corrected chi connectivity index (χ1v) is 4.85. The lowest BCUT2D eigenvalue weighted by atomic mass is 10.0. The van der Waals surface area contributed by atoms with E-state index in [1.165, 1.54) is 0 Å². The van der Waals surface area contributed by atoms with Crippen LogP contribution in [0.25, 0.3) is 0 Å². The number of aliphatic hydroxyl groups is 1. The first-order valence-electron chi connectivity index (χ1n) is 4.85. The van der Waals surface area contributed by atoms with Gasteiger partial charge in [0.2, 0.25) is 0 Å². The van der Waals surface area contributed by atoms with E-state index in [1.807, 2.05) is 12.1 Å². The van der Waals surface area contributed by atoms with Gasteiger partial charge in [-0.3, -0.25) is 0 Å². The van der Waals surface area contributed by atoms with E-state index >= 15 is 0 Å². The zero-order chi connectivity index (χ0) is 10.7. The lowest BCUT2D eigenvalue weighted by molar-refractivity contribution is -0.144. The number of furan rings is 1. The van der Waals surface area contributed by atoms with Crippen molar-refractivity contribution in [2.24, 2.45) is 0 Å². The van der Waals surface area contributed by atoms with Crippen LogP contribution in [0.15, 0.2) is 34.7 Å². The largest absolute Gasteiger partial charge is 0.472 e. The molecule has 4 nitrogen and oxygen atoms in total. The van der Waals surface area contributed by atoms with Gasteiger partial charge in [-0.05, 0) is 12.5 Å². The molecular weight excluding hydrogens is 196 g/mol. The van der Waals surface area contributed by atoms with E-state index in [2.05, 4.69) is 0 Å². The van der Waals surface area contributed by atoms with Crippen LogP contribution >= 0.6 is 0 Å². The van der Waals surface area contributed by atoms with Gasteiger partial charge >= 0.3 is 0 Å². The average molecular weight is 210 g/mol. The highest BCUT2D eigenvalue weighted by Crippen LogP contribution is 2.30. The predicted octanol–water partition coefficient (Wildman–Crippen LogP) is 1.63. The molecule has 4 heteroatoms. The van der Waals surface area contributed by atoms with Crippen molar-refractivity contribution in [3.8, 4) is 0 Å². The third-order valence-electron chi connectivity index (χ3n) is 2.50. The lowest BCUT2D eigenvalue weighted by Gasteiger charge is -2.28. The molecular formula is C11H14O4. The van der Waals surface area contributed by atoms with Crippen molar-refractivity contribution >= 4 is 0 Å². The van der Waals surface area contributed by atoms with Crippen molar-refractivity contribution in [2.75, 3.05) is 13.7 Å². The van der Waals surface area contributed by atoms with Crippen LogP contribution in [0.3, 0.4) is 0 Å². The molecule has 2 heterocycles. The summed E-state index contributed by atoms with van der Waals surface area (Å²) < 4.78 is 15.8. The van der Waals surface area contributed by atoms with Crippen molar-refractivity contribution in [3.05, 3.63) is 35.8 Å². The molecule has 0 saturated carbocycles. The Morgan fingerprint density at radius 1 is 1.60 bits per heavy atom. The average Bonchev–Trinajstić information content (AvgIpc) is 2.81. The highest BCUT2D eigenvalue weighted by atomic mass is 16.7. The Morgan fingerprint density at radius 2 is 2.47 bits per heavy atom. The molecule has 82 valence electrons. The normalized spacial score (nSPS) is 26.4. The van der Waals surface area contributed by atoms with E-state index in [-0.39, 0.29) is 12.7 Å². The van der Waals surface area contributed by atoms with Gasteiger partial charge in [0.05, 0.1) is 25.2 Å². The van der Waals surface area contributed by atoms with Gasteiger partial charge < -0.3 is 19.0 Å². The Hall–Kier alpha value is -1.10. The van der Waals surface area contributed by atoms with Gasteiger partial charge in [0, 0.05) is 18.2 Å². The third kappa shape index (κ3) is 2.12. The standard InChI is InChI=1S/C11H14O4/c1-13-11-8(6-12)2-3-10(15-11)9-4-5-14-7-9/h2,4-5,7,10-12H,3,6H2,1H3/t10-,11-/m0/s1. The van der Waals surface area contributed by atoms with Gasteiger partial charge in [0.25, 0.3) is 0 Å². The number of hydrogen-bond acceptors (Lipinski definition) is 4. The molecule has 0 unspecified atom stereocenters. The highest BCUT2D eigenvalue weighted by molar-refractivity contribution is 5.17. The van der Waals surface area contributed by atoms with Crippen LogP contribution < -0.4 is 0 Å². The first kappa shape index (κ1) is 10.4. The Morgan fingerprint density at radius 3 is 3.07 bits per heavy atom. The summed E-state index contributed by atoms with van der Waals surface area (Å²) >= 11 is 0. The van der Waals surface area contributed by atoms with Crippen LogP contribution in [0.4, 0.5) is 0 Å². The monoisotopic (exact) mass is 210 g/mol. The van der Waals surface area contributed by atoms with E-state index in [0.29, 0.717) is 0 Å². The maximum atomic E-state index is 9.06. The fraction of sp³-hybridized carbons (Fsp3) is 0.455. The number of ether oxygens (including phenoxy) is 2. The van der Waals surface area contributed by atoms with E-state index in [4.69, 9.17) is 19.0 Å². The minimum Gasteiger partial charge on any atom is -0.472 e. The van der Waals surface area contributed by atoms with Crippen LogP contribution in [-0.2, 0) is 9.47 Å². The van der Waals surface area contributed by atoms with Crippen LogP contribution in [0.2, 0.25) is 0 Å². The summed E-state index contributed by atoms with van der Waals surface area (Å²) in [5, 5.41) is 9.06. The zero-order valence-electron chi connectivity index (χ0n) is 8.55. The van der Waals surface area contributed by atoms with Crippen molar-refractivity contribution in [3.63, 3.8) is 0 Å². The van der Waals surface area contributed by atoms with Gasteiger partial charge in [-0.2, -0.15) is 0 Å². The molecule has 1 aliphatic heterocycles. The van der Waals surface area contributed by atoms with E-state index < -0.39 is 6.29 Å². The van der Waals surface area contributed by atoms with Gasteiger partial charge in [-0.1, -0.05) is 6.08 Å². The molecule has 0 bridgehead atoms. The summed E-state index contributed by atoms with van der Waals surface area (Å²) in [6.07, 6.45) is 5.46. The molecule has 1 N–H and O–H groups in total. The molecule has 0 amide bonds. The van der Waals surface area contributed by atoms with Crippen LogP contribution in [-0.4, -0.2) is 25.1 Å². The van der Waals surface area contributed by atoms with Crippen LogP contribution in [0.5, 0.6) is 0 Å². The maximum Gasteiger partial charge on any atom is 0.182 e. The summed E-state index contributed by atoms with van der Waals surface area (Å²) in [4.78, 5) is 0. The number of aliphatic hydroxyl groups excluding tert-OH is 1. The fourth-order valence-corrected chi connectivity index (χ4v) is 1.67. The zero-order valence-corrected chi connectivity index (χ0v) is 8.55. The number of hydrogen-bond donors (Lipinski definition) is 1. The second kappa shape index (κ2) is 4.61. The molecule has 2 atom stereocenters. The topological polar surface area (TPSA) is 51.8 Å². The smallest absolute Gasteiger partial charge is 0.182 e. The molecule has 0 saturated heterocycles. The second-order valence-corrected chi connectivity index (χ2v) is 3.42.